The second-order valence-electron chi connectivity index (χ2n) is 21.2. The summed E-state index contributed by atoms with van der Waals surface area (Å²) in [5, 5.41) is 16.3. The van der Waals surface area contributed by atoms with Gasteiger partial charge in [0.05, 0.1) is 44.1 Å². The standard InChI is InChI=1S/C63H46N4/c1-62(2,3)38-30-45(37-25-27-53-46(28-37)43-22-14-15-23-52(43)65(53)40-18-8-7-9-19-40)58-50(33-38)55-41-20-12-11-17-36(41)29-51-56-54(66(58)60(51)55)34-49-48-32-39(63(4,5)6)31-47-44-26-24-35-16-10-13-21-42(35)57(44)67(59(47)48)61(49)64-56/h7-34H,1-6H3. The van der Waals surface area contributed by atoms with Crippen LogP contribution in [0.25, 0.3) is 137 Å². The van der Waals surface area contributed by atoms with Gasteiger partial charge in [-0.3, -0.25) is 4.40 Å². The van der Waals surface area contributed by atoms with Gasteiger partial charge in [0.15, 0.2) is 0 Å². The van der Waals surface area contributed by atoms with Crippen LogP contribution in [0.5, 0.6) is 0 Å². The number of aromatic nitrogens is 4. The molecule has 0 N–H and O–H groups in total. The van der Waals surface area contributed by atoms with Gasteiger partial charge >= 0.3 is 0 Å². The van der Waals surface area contributed by atoms with Crippen LogP contribution in [0.3, 0.4) is 0 Å². The summed E-state index contributed by atoms with van der Waals surface area (Å²) in [5.74, 6) is 0. The SMILES string of the molecule is CC(C)(C)c1cc(-c2ccc3c(c2)c2ccccc2n3-c2ccccc2)c2c(c1)c1c3ccccc3cc3c4nc5c(cc4n2c31)c1cc(C(C)(C)C)cc2c3ccc4ccccc4c3n5c12. The number of nitrogens with zero attached hydrogens (tertiary/aromatic N) is 4. The third kappa shape index (κ3) is 4.79. The van der Waals surface area contributed by atoms with Crippen LogP contribution in [-0.2, 0) is 10.8 Å². The minimum Gasteiger partial charge on any atom is -0.309 e. The maximum Gasteiger partial charge on any atom is 0.146 e. The normalized spacial score (nSPS) is 13.2. The Morgan fingerprint density at radius 2 is 1.01 bits per heavy atom. The maximum absolute atomic E-state index is 5.93. The van der Waals surface area contributed by atoms with Gasteiger partial charge in [-0.15, -0.1) is 0 Å². The highest BCUT2D eigenvalue weighted by Gasteiger charge is 2.29. The fourth-order valence-corrected chi connectivity index (χ4v) is 12.1. The fourth-order valence-electron chi connectivity index (χ4n) is 12.1. The molecule has 6 aromatic heterocycles. The minimum absolute atomic E-state index is 0.0455. The molecule has 0 unspecified atom stereocenters. The molecule has 6 heterocycles. The Hall–Kier alpha value is -7.95. The third-order valence-corrected chi connectivity index (χ3v) is 15.3. The van der Waals surface area contributed by atoms with E-state index >= 15 is 0 Å². The van der Waals surface area contributed by atoms with Gasteiger partial charge in [0.25, 0.3) is 0 Å². The Morgan fingerprint density at radius 3 is 1.81 bits per heavy atom. The largest absolute Gasteiger partial charge is 0.309 e. The van der Waals surface area contributed by atoms with Crippen molar-refractivity contribution in [3.05, 3.63) is 181 Å². The lowest BCUT2D eigenvalue weighted by atomic mass is 9.83. The summed E-state index contributed by atoms with van der Waals surface area (Å²) in [6.07, 6.45) is 0. The van der Waals surface area contributed by atoms with E-state index in [2.05, 4.69) is 225 Å². The summed E-state index contributed by atoms with van der Waals surface area (Å²) < 4.78 is 7.51. The molecule has 9 aromatic carbocycles. The van der Waals surface area contributed by atoms with E-state index in [4.69, 9.17) is 4.98 Å². The first kappa shape index (κ1) is 37.3. The molecule has 0 aliphatic carbocycles. The Kier molecular flexibility index (Phi) is 6.94. The molecule has 0 aliphatic rings. The van der Waals surface area contributed by atoms with Crippen molar-refractivity contribution < 1.29 is 0 Å². The fraction of sp³-hybridized carbons (Fsp3) is 0.127. The number of pyridine rings is 1. The van der Waals surface area contributed by atoms with Crippen molar-refractivity contribution in [2.24, 2.45) is 0 Å². The van der Waals surface area contributed by atoms with Gasteiger partial charge in [-0.2, -0.15) is 0 Å². The summed E-state index contributed by atoms with van der Waals surface area (Å²) >= 11 is 0. The van der Waals surface area contributed by atoms with Crippen LogP contribution in [0.4, 0.5) is 0 Å². The predicted octanol–water partition coefficient (Wildman–Crippen LogP) is 17.0. The predicted molar refractivity (Wildman–Crippen MR) is 286 cm³/mol. The van der Waals surface area contributed by atoms with Gasteiger partial charge in [0, 0.05) is 65.1 Å². The molecule has 0 bridgehead atoms. The molecule has 0 atom stereocenters. The highest BCUT2D eigenvalue weighted by molar-refractivity contribution is 6.34. The molecule has 4 heteroatoms. The van der Waals surface area contributed by atoms with E-state index in [1.807, 2.05) is 0 Å². The van der Waals surface area contributed by atoms with Gasteiger partial charge in [0.1, 0.15) is 5.65 Å². The van der Waals surface area contributed by atoms with Gasteiger partial charge in [-0.25, -0.2) is 4.98 Å². The second kappa shape index (κ2) is 12.5. The van der Waals surface area contributed by atoms with E-state index in [1.54, 1.807) is 0 Å². The smallest absolute Gasteiger partial charge is 0.146 e. The average molecular weight is 859 g/mol. The molecule has 15 aromatic rings. The van der Waals surface area contributed by atoms with Crippen molar-refractivity contribution in [1.82, 2.24) is 18.4 Å². The number of hydrogen-bond donors (Lipinski definition) is 0. The van der Waals surface area contributed by atoms with E-state index in [0.717, 1.165) is 16.7 Å². The molecular weight excluding hydrogens is 813 g/mol. The van der Waals surface area contributed by atoms with Crippen molar-refractivity contribution in [1.29, 1.82) is 0 Å². The van der Waals surface area contributed by atoms with Crippen LogP contribution in [0, 0.1) is 0 Å². The zero-order chi connectivity index (χ0) is 44.8. The van der Waals surface area contributed by atoms with Crippen molar-refractivity contribution in [3.8, 4) is 16.8 Å². The van der Waals surface area contributed by atoms with Gasteiger partial charge in [0.2, 0.25) is 0 Å². The van der Waals surface area contributed by atoms with Crippen LogP contribution in [0.2, 0.25) is 0 Å². The van der Waals surface area contributed by atoms with Crippen molar-refractivity contribution in [3.63, 3.8) is 0 Å². The molecule has 0 spiro atoms. The van der Waals surface area contributed by atoms with Crippen LogP contribution >= 0.6 is 0 Å². The Balaban J connectivity index is 1.14. The van der Waals surface area contributed by atoms with Gasteiger partial charge < -0.3 is 8.97 Å². The van der Waals surface area contributed by atoms with Crippen LogP contribution in [0.1, 0.15) is 52.7 Å². The zero-order valence-electron chi connectivity index (χ0n) is 38.5. The van der Waals surface area contributed by atoms with Gasteiger partial charge in [-0.1, -0.05) is 145 Å². The molecule has 318 valence electrons. The van der Waals surface area contributed by atoms with Crippen molar-refractivity contribution >= 4 is 120 Å². The molecule has 0 aliphatic heterocycles. The Morgan fingerprint density at radius 1 is 0.373 bits per heavy atom. The van der Waals surface area contributed by atoms with Crippen LogP contribution in [0.15, 0.2) is 170 Å². The van der Waals surface area contributed by atoms with Crippen molar-refractivity contribution in [2.45, 2.75) is 52.4 Å². The number of rotatable bonds is 2. The van der Waals surface area contributed by atoms with E-state index in [9.17, 15) is 0 Å². The van der Waals surface area contributed by atoms with Crippen LogP contribution < -0.4 is 0 Å². The maximum atomic E-state index is 5.93. The summed E-state index contributed by atoms with van der Waals surface area (Å²) in [6, 6.07) is 64.0. The van der Waals surface area contributed by atoms with E-state index in [-0.39, 0.29) is 10.8 Å². The average Bonchev–Trinajstić information content (AvgIpc) is 4.12. The molecule has 0 saturated heterocycles. The highest BCUT2D eigenvalue weighted by Crippen LogP contribution is 2.50. The van der Waals surface area contributed by atoms with Gasteiger partial charge in [-0.05, 0) is 110 Å². The van der Waals surface area contributed by atoms with E-state index in [1.165, 1.54) is 131 Å². The molecular formula is C63H46N4. The monoisotopic (exact) mass is 858 g/mol. The lowest BCUT2D eigenvalue weighted by molar-refractivity contribution is 0.591. The summed E-state index contributed by atoms with van der Waals surface area (Å²) in [6.45, 7) is 14.0. The molecule has 67 heavy (non-hydrogen) atoms. The third-order valence-electron chi connectivity index (χ3n) is 15.3. The minimum atomic E-state index is -0.0908. The molecule has 0 saturated carbocycles. The summed E-state index contributed by atoms with van der Waals surface area (Å²) in [5.41, 5.74) is 16.7. The molecule has 0 radical (unpaired) electrons. The first-order valence-electron chi connectivity index (χ1n) is 23.7. The molecule has 0 amide bonds. The highest BCUT2D eigenvalue weighted by atomic mass is 15.0. The second-order valence-corrected chi connectivity index (χ2v) is 21.2. The first-order chi connectivity index (χ1) is 32.5. The topological polar surface area (TPSA) is 26.6 Å². The number of fused-ring (bicyclic) bond motifs is 19. The van der Waals surface area contributed by atoms with Crippen LogP contribution in [-0.4, -0.2) is 18.4 Å². The van der Waals surface area contributed by atoms with E-state index < -0.39 is 0 Å². The quantitative estimate of drug-likeness (QED) is 0.170. The number of hydrogen-bond acceptors (Lipinski definition) is 1. The molecule has 4 nitrogen and oxygen atoms in total. The summed E-state index contributed by atoms with van der Waals surface area (Å²) in [7, 11) is 0. The zero-order valence-corrected chi connectivity index (χ0v) is 38.5. The summed E-state index contributed by atoms with van der Waals surface area (Å²) in [4.78, 5) is 5.93. The number of para-hydroxylation sites is 2. The molecule has 0 fully saturated rings. The van der Waals surface area contributed by atoms with E-state index in [0.29, 0.717) is 0 Å². The number of benzene rings is 9. The van der Waals surface area contributed by atoms with Crippen molar-refractivity contribution in [2.75, 3.05) is 0 Å². The Bertz CT molecular complexity index is 4620. The first-order valence-corrected chi connectivity index (χ1v) is 23.7. The Labute approximate surface area is 386 Å². The molecule has 15 rings (SSSR count). The lowest BCUT2D eigenvalue weighted by Crippen LogP contribution is -2.11. The lowest BCUT2D eigenvalue weighted by Gasteiger charge is -2.21.